The third kappa shape index (κ3) is 5.44. The summed E-state index contributed by atoms with van der Waals surface area (Å²) in [5, 5.41) is 18.0. The third-order valence-electron chi connectivity index (χ3n) is 5.01. The van der Waals surface area contributed by atoms with Crippen molar-refractivity contribution >= 4 is 22.7 Å². The predicted octanol–water partition coefficient (Wildman–Crippen LogP) is 6.57. The van der Waals surface area contributed by atoms with Crippen LogP contribution in [0.15, 0.2) is 46.9 Å². The highest BCUT2D eigenvalue weighted by Gasteiger charge is 2.26. The molecule has 0 fully saturated rings. The van der Waals surface area contributed by atoms with Crippen LogP contribution >= 0.6 is 11.3 Å². The zero-order valence-corrected chi connectivity index (χ0v) is 20.1. The standard InChI is InChI=1S/C25H31N3O2S/c1-24(2,3)19-12-16(13-20(22(19)29)25(4,5)6)14-26-28-23-27-21(15-31-23)17-8-10-18(30-7)11-9-17/h8-15,29H,1-7H3,(H,27,28)/b26-14+. The average molecular weight is 438 g/mol. The molecule has 1 heterocycles. The lowest BCUT2D eigenvalue weighted by atomic mass is 9.78. The lowest BCUT2D eigenvalue weighted by Crippen LogP contribution is -2.17. The van der Waals surface area contributed by atoms with E-state index in [2.05, 4.69) is 57.1 Å². The molecule has 5 nitrogen and oxygen atoms in total. The van der Waals surface area contributed by atoms with Crippen LogP contribution in [0.25, 0.3) is 11.3 Å². The molecule has 2 N–H and O–H groups in total. The Labute approximate surface area is 188 Å². The number of hydrogen-bond acceptors (Lipinski definition) is 6. The van der Waals surface area contributed by atoms with Crippen molar-refractivity contribution in [2.24, 2.45) is 5.10 Å². The van der Waals surface area contributed by atoms with Crippen LogP contribution in [0.2, 0.25) is 0 Å². The molecule has 31 heavy (non-hydrogen) atoms. The second-order valence-corrected chi connectivity index (χ2v) is 10.5. The molecule has 0 saturated carbocycles. The number of thiazole rings is 1. The van der Waals surface area contributed by atoms with Crippen LogP contribution in [0, 0.1) is 0 Å². The van der Waals surface area contributed by atoms with E-state index in [9.17, 15) is 5.11 Å². The van der Waals surface area contributed by atoms with Crippen molar-refractivity contribution in [3.05, 3.63) is 58.5 Å². The van der Waals surface area contributed by atoms with E-state index in [4.69, 9.17) is 4.74 Å². The van der Waals surface area contributed by atoms with E-state index >= 15 is 0 Å². The number of aromatic nitrogens is 1. The van der Waals surface area contributed by atoms with Crippen LogP contribution in [-0.2, 0) is 10.8 Å². The molecule has 0 aliphatic carbocycles. The lowest BCUT2D eigenvalue weighted by Gasteiger charge is -2.27. The number of rotatable bonds is 5. The van der Waals surface area contributed by atoms with Gasteiger partial charge in [-0.25, -0.2) is 4.98 Å². The number of phenols is 1. The first kappa shape index (κ1) is 22.8. The van der Waals surface area contributed by atoms with Gasteiger partial charge in [-0.2, -0.15) is 5.10 Å². The van der Waals surface area contributed by atoms with Gasteiger partial charge >= 0.3 is 0 Å². The molecule has 0 bridgehead atoms. The molecule has 2 aromatic carbocycles. The Bertz CT molecular complexity index is 1040. The molecule has 0 unspecified atom stereocenters. The van der Waals surface area contributed by atoms with Crippen LogP contribution in [0.5, 0.6) is 11.5 Å². The normalized spacial score (nSPS) is 12.4. The number of hydrogen-bond donors (Lipinski definition) is 2. The monoisotopic (exact) mass is 437 g/mol. The van der Waals surface area contributed by atoms with Crippen molar-refractivity contribution in [1.29, 1.82) is 0 Å². The summed E-state index contributed by atoms with van der Waals surface area (Å²) >= 11 is 1.50. The van der Waals surface area contributed by atoms with Gasteiger partial charge in [-0.15, -0.1) is 11.3 Å². The van der Waals surface area contributed by atoms with E-state index in [1.54, 1.807) is 13.3 Å². The van der Waals surface area contributed by atoms with Crippen molar-refractivity contribution in [3.63, 3.8) is 0 Å². The topological polar surface area (TPSA) is 66.7 Å². The van der Waals surface area contributed by atoms with Gasteiger partial charge in [-0.05, 0) is 52.8 Å². The summed E-state index contributed by atoms with van der Waals surface area (Å²) in [5.74, 6) is 1.19. The van der Waals surface area contributed by atoms with Gasteiger partial charge in [0.1, 0.15) is 11.5 Å². The van der Waals surface area contributed by atoms with E-state index in [0.29, 0.717) is 10.9 Å². The van der Waals surface area contributed by atoms with Crippen LogP contribution in [-0.4, -0.2) is 23.4 Å². The summed E-state index contributed by atoms with van der Waals surface area (Å²) in [6.07, 6.45) is 1.78. The van der Waals surface area contributed by atoms with Crippen molar-refractivity contribution < 1.29 is 9.84 Å². The molecule has 0 spiro atoms. The molecule has 3 aromatic rings. The minimum absolute atomic E-state index is 0.177. The number of anilines is 1. The number of benzene rings is 2. The SMILES string of the molecule is COc1ccc(-c2csc(N/N=C/c3cc(C(C)(C)C)c(O)c(C(C)(C)C)c3)n2)cc1. The fraction of sp³-hybridized carbons (Fsp3) is 0.360. The summed E-state index contributed by atoms with van der Waals surface area (Å²) in [5.41, 5.74) is 7.35. The summed E-state index contributed by atoms with van der Waals surface area (Å²) in [6.45, 7) is 12.6. The van der Waals surface area contributed by atoms with Gasteiger partial charge in [-0.1, -0.05) is 41.5 Å². The molecule has 0 radical (unpaired) electrons. The van der Waals surface area contributed by atoms with Gasteiger partial charge in [0.2, 0.25) is 5.13 Å². The van der Waals surface area contributed by atoms with Crippen LogP contribution in [0.1, 0.15) is 58.2 Å². The summed E-state index contributed by atoms with van der Waals surface area (Å²) < 4.78 is 5.21. The Morgan fingerprint density at radius 1 is 1.00 bits per heavy atom. The molecular weight excluding hydrogens is 406 g/mol. The molecule has 0 saturated heterocycles. The third-order valence-corrected chi connectivity index (χ3v) is 5.76. The number of nitrogens with zero attached hydrogens (tertiary/aromatic N) is 2. The number of methoxy groups -OCH3 is 1. The van der Waals surface area contributed by atoms with Crippen molar-refractivity contribution in [3.8, 4) is 22.8 Å². The lowest BCUT2D eigenvalue weighted by molar-refractivity contribution is 0.415. The Morgan fingerprint density at radius 2 is 1.58 bits per heavy atom. The fourth-order valence-electron chi connectivity index (χ4n) is 3.26. The molecule has 1 aromatic heterocycles. The quantitative estimate of drug-likeness (QED) is 0.350. The fourth-order valence-corrected chi connectivity index (χ4v) is 3.92. The summed E-state index contributed by atoms with van der Waals surface area (Å²) in [7, 11) is 1.65. The maximum atomic E-state index is 10.9. The number of aromatic hydroxyl groups is 1. The van der Waals surface area contributed by atoms with Gasteiger partial charge in [-0.3, -0.25) is 5.43 Å². The second-order valence-electron chi connectivity index (χ2n) is 9.60. The van der Waals surface area contributed by atoms with Gasteiger partial charge in [0.25, 0.3) is 0 Å². The Balaban J connectivity index is 1.81. The van der Waals surface area contributed by atoms with Gasteiger partial charge < -0.3 is 9.84 Å². The number of nitrogens with one attached hydrogen (secondary N) is 1. The number of phenolic OH excluding ortho intramolecular Hbond substituents is 1. The Morgan fingerprint density at radius 3 is 2.10 bits per heavy atom. The van der Waals surface area contributed by atoms with Gasteiger partial charge in [0.05, 0.1) is 19.0 Å². The molecule has 3 rings (SSSR count). The average Bonchev–Trinajstić information content (AvgIpc) is 3.16. The number of hydrazone groups is 1. The maximum Gasteiger partial charge on any atom is 0.203 e. The highest BCUT2D eigenvalue weighted by Crippen LogP contribution is 2.39. The first-order chi connectivity index (χ1) is 14.5. The van der Waals surface area contributed by atoms with Gasteiger partial charge in [0.15, 0.2) is 0 Å². The molecule has 0 amide bonds. The summed E-state index contributed by atoms with van der Waals surface area (Å²) in [6, 6.07) is 11.8. The first-order valence-electron chi connectivity index (χ1n) is 10.3. The first-order valence-corrected chi connectivity index (χ1v) is 11.1. The maximum absolute atomic E-state index is 10.9. The smallest absolute Gasteiger partial charge is 0.203 e. The second kappa shape index (κ2) is 8.71. The molecule has 0 atom stereocenters. The van der Waals surface area contributed by atoms with E-state index in [0.717, 1.165) is 33.7 Å². The van der Waals surface area contributed by atoms with E-state index in [1.807, 2.05) is 41.8 Å². The Kier molecular flexibility index (Phi) is 6.41. The highest BCUT2D eigenvalue weighted by atomic mass is 32.1. The molecule has 6 heteroatoms. The largest absolute Gasteiger partial charge is 0.507 e. The van der Waals surface area contributed by atoms with Crippen LogP contribution in [0.3, 0.4) is 0 Å². The Hall–Kier alpha value is -2.86. The van der Waals surface area contributed by atoms with Crippen LogP contribution in [0.4, 0.5) is 5.13 Å². The van der Waals surface area contributed by atoms with Crippen molar-refractivity contribution in [1.82, 2.24) is 4.98 Å². The summed E-state index contributed by atoms with van der Waals surface area (Å²) in [4.78, 5) is 4.61. The molecule has 164 valence electrons. The highest BCUT2D eigenvalue weighted by molar-refractivity contribution is 7.14. The predicted molar refractivity (Wildman–Crippen MR) is 131 cm³/mol. The minimum atomic E-state index is -0.177. The molecule has 0 aliphatic heterocycles. The van der Waals surface area contributed by atoms with Crippen molar-refractivity contribution in [2.45, 2.75) is 52.4 Å². The van der Waals surface area contributed by atoms with Crippen LogP contribution < -0.4 is 10.2 Å². The zero-order valence-electron chi connectivity index (χ0n) is 19.3. The molecule has 0 aliphatic rings. The minimum Gasteiger partial charge on any atom is -0.507 e. The van der Waals surface area contributed by atoms with E-state index < -0.39 is 0 Å². The van der Waals surface area contributed by atoms with E-state index in [-0.39, 0.29) is 10.8 Å². The van der Waals surface area contributed by atoms with Crippen molar-refractivity contribution in [2.75, 3.05) is 12.5 Å². The number of ether oxygens (including phenoxy) is 1. The zero-order chi connectivity index (χ0) is 22.8. The van der Waals surface area contributed by atoms with Gasteiger partial charge in [0, 0.05) is 22.1 Å². The molecular formula is C25H31N3O2S. The van der Waals surface area contributed by atoms with E-state index in [1.165, 1.54) is 11.3 Å².